The maximum Gasteiger partial charge on any atom is 0.127 e. The van der Waals surface area contributed by atoms with Crippen LogP contribution in [0.3, 0.4) is 0 Å². The maximum atomic E-state index is 6.02. The molecule has 0 saturated heterocycles. The van der Waals surface area contributed by atoms with Gasteiger partial charge in [-0.1, -0.05) is 101 Å². The average molecular weight is 471 g/mol. The molecule has 0 bridgehead atoms. The zero-order valence-electron chi connectivity index (χ0n) is 21.5. The highest BCUT2D eigenvalue weighted by Crippen LogP contribution is 2.24. The Morgan fingerprint density at radius 1 is 0.457 bits per heavy atom. The van der Waals surface area contributed by atoms with E-state index in [1.54, 1.807) is 7.11 Å². The third-order valence-corrected chi connectivity index (χ3v) is 5.18. The molecule has 0 aliphatic carbocycles. The van der Waals surface area contributed by atoms with Gasteiger partial charge in [0.2, 0.25) is 0 Å². The summed E-state index contributed by atoms with van der Waals surface area (Å²) in [4.78, 5) is 0. The van der Waals surface area contributed by atoms with Crippen molar-refractivity contribution in [1.82, 2.24) is 0 Å². The summed E-state index contributed by atoms with van der Waals surface area (Å²) in [7, 11) is 1.69. The van der Waals surface area contributed by atoms with Gasteiger partial charge in [-0.25, -0.2) is 0 Å². The highest BCUT2D eigenvalue weighted by molar-refractivity contribution is 5.38. The molecule has 4 rings (SSSR count). The number of hydrogen-bond acceptors (Lipinski definition) is 2. The second kappa shape index (κ2) is 16.2. The van der Waals surface area contributed by atoms with Crippen LogP contribution >= 0.6 is 0 Å². The molecule has 0 aromatic heterocycles. The second-order valence-corrected chi connectivity index (χ2v) is 7.58. The summed E-state index contributed by atoms with van der Waals surface area (Å²) in [6.07, 6.45) is 1.82. The molecular weight excluding hydrogens is 428 g/mol. The summed E-state index contributed by atoms with van der Waals surface area (Å²) >= 11 is 0. The molecule has 0 N–H and O–H groups in total. The zero-order chi connectivity index (χ0) is 24.8. The number of methoxy groups -OCH3 is 1. The Morgan fingerprint density at radius 2 is 0.743 bits per heavy atom. The molecule has 186 valence electrons. The highest BCUT2D eigenvalue weighted by Gasteiger charge is 2.02. The molecule has 0 radical (unpaired) electrons. The van der Waals surface area contributed by atoms with Gasteiger partial charge in [0.15, 0.2) is 0 Å². The molecule has 2 heteroatoms. The Morgan fingerprint density at radius 3 is 1.06 bits per heavy atom. The van der Waals surface area contributed by atoms with Crippen molar-refractivity contribution in [3.63, 3.8) is 0 Å². The zero-order valence-corrected chi connectivity index (χ0v) is 21.5. The molecule has 4 aromatic rings. The largest absolute Gasteiger partial charge is 0.497 e. The first-order valence-corrected chi connectivity index (χ1v) is 12.2. The van der Waals surface area contributed by atoms with Crippen molar-refractivity contribution in [2.75, 3.05) is 7.11 Å². The van der Waals surface area contributed by atoms with Crippen LogP contribution in [-0.4, -0.2) is 7.11 Å². The molecule has 0 fully saturated rings. The van der Waals surface area contributed by atoms with Gasteiger partial charge in [0.1, 0.15) is 17.2 Å². The summed E-state index contributed by atoms with van der Waals surface area (Å²) in [5.41, 5.74) is 6.40. The van der Waals surface area contributed by atoms with Crippen LogP contribution in [0.1, 0.15) is 62.9 Å². The Bertz CT molecular complexity index is 1060. The van der Waals surface area contributed by atoms with Crippen LogP contribution in [0.2, 0.25) is 0 Å². The Hall–Kier alpha value is -3.52. The quantitative estimate of drug-likeness (QED) is 0.268. The van der Waals surface area contributed by atoms with Crippen LogP contribution < -0.4 is 9.47 Å². The Balaban J connectivity index is 0.00000117. The van der Waals surface area contributed by atoms with Crippen LogP contribution in [0, 0.1) is 6.92 Å². The molecule has 0 amide bonds. The van der Waals surface area contributed by atoms with E-state index in [9.17, 15) is 0 Å². The molecular formula is C33H42O2. The van der Waals surface area contributed by atoms with E-state index < -0.39 is 0 Å². The van der Waals surface area contributed by atoms with Crippen molar-refractivity contribution < 1.29 is 9.47 Å². The van der Waals surface area contributed by atoms with E-state index in [0.717, 1.165) is 30.1 Å². The number of rotatable bonds is 7. The van der Waals surface area contributed by atoms with E-state index in [2.05, 4.69) is 67.6 Å². The van der Waals surface area contributed by atoms with Crippen LogP contribution in [0.25, 0.3) is 0 Å². The van der Waals surface area contributed by atoms with Crippen molar-refractivity contribution in [2.24, 2.45) is 0 Å². The first-order chi connectivity index (χ1) is 16.7. The van der Waals surface area contributed by atoms with E-state index in [1.165, 1.54) is 27.8 Å². The summed E-state index contributed by atoms with van der Waals surface area (Å²) in [5.74, 6) is 2.58. The smallest absolute Gasteiger partial charge is 0.127 e. The number of hydrogen-bond donors (Lipinski definition) is 0. The molecule has 0 aliphatic heterocycles. The number of ether oxygens (including phenoxy) is 2. The summed E-state index contributed by atoms with van der Waals surface area (Å²) < 4.78 is 11.2. The number of benzene rings is 4. The Labute approximate surface area is 213 Å². The molecule has 0 unspecified atom stereocenters. The van der Waals surface area contributed by atoms with Gasteiger partial charge >= 0.3 is 0 Å². The minimum atomic E-state index is 0. The molecule has 0 spiro atoms. The molecule has 2 nitrogen and oxygen atoms in total. The van der Waals surface area contributed by atoms with Crippen molar-refractivity contribution in [2.45, 2.75) is 54.9 Å². The predicted molar refractivity (Wildman–Crippen MR) is 152 cm³/mol. The third-order valence-electron chi connectivity index (χ3n) is 5.18. The summed E-state index contributed by atoms with van der Waals surface area (Å²) in [6.45, 7) is 10.1. The minimum Gasteiger partial charge on any atom is -0.497 e. The lowest BCUT2D eigenvalue weighted by atomic mass is 10.0. The van der Waals surface area contributed by atoms with Crippen LogP contribution in [0.15, 0.2) is 97.1 Å². The summed E-state index contributed by atoms with van der Waals surface area (Å²) in [6, 6.07) is 33.5. The lowest BCUT2D eigenvalue weighted by Crippen LogP contribution is -1.91. The lowest BCUT2D eigenvalue weighted by Gasteiger charge is -2.09. The number of aryl methyl sites for hydroxylation is 1. The van der Waals surface area contributed by atoms with Gasteiger partial charge in [0.25, 0.3) is 0 Å². The van der Waals surface area contributed by atoms with Gasteiger partial charge in [-0.15, -0.1) is 0 Å². The maximum absolute atomic E-state index is 6.02. The van der Waals surface area contributed by atoms with E-state index in [4.69, 9.17) is 9.47 Å². The van der Waals surface area contributed by atoms with Gasteiger partial charge in [0.05, 0.1) is 7.11 Å². The Kier molecular flexibility index (Phi) is 13.6. The fourth-order valence-electron chi connectivity index (χ4n) is 3.41. The minimum absolute atomic E-state index is 0. The average Bonchev–Trinajstić information content (AvgIpc) is 2.90. The predicted octanol–water partition coefficient (Wildman–Crippen LogP) is 9.67. The standard InChI is InChI=1S/C28H26O2.2C2H6.CH4/c1-21-3-5-22(6-4-21)19-24-9-15-27(16-10-24)30-28-17-11-25(12-18-28)20-23-7-13-26(29-2)14-8-23;2*1-2;/h3-18H,19-20H2,1-2H3;2*1-2H3;1H4. The first-order valence-electron chi connectivity index (χ1n) is 12.2. The van der Waals surface area contributed by atoms with Crippen molar-refractivity contribution in [3.05, 3.63) is 125 Å². The molecule has 0 aliphatic rings. The van der Waals surface area contributed by atoms with Gasteiger partial charge in [-0.2, -0.15) is 0 Å². The monoisotopic (exact) mass is 470 g/mol. The van der Waals surface area contributed by atoms with Crippen LogP contribution in [-0.2, 0) is 12.8 Å². The fraction of sp³-hybridized carbons (Fsp3) is 0.273. The van der Waals surface area contributed by atoms with Crippen LogP contribution in [0.5, 0.6) is 17.2 Å². The fourth-order valence-corrected chi connectivity index (χ4v) is 3.41. The van der Waals surface area contributed by atoms with Gasteiger partial charge in [-0.3, -0.25) is 0 Å². The SMILES string of the molecule is C.CC.CC.COc1ccc(Cc2ccc(Oc3ccc(Cc4ccc(C)cc4)cc3)cc2)cc1. The molecule has 4 aromatic carbocycles. The van der Waals surface area contributed by atoms with Crippen LogP contribution in [0.4, 0.5) is 0 Å². The van der Waals surface area contributed by atoms with Gasteiger partial charge in [-0.05, 0) is 78.4 Å². The van der Waals surface area contributed by atoms with Crippen molar-refractivity contribution in [3.8, 4) is 17.2 Å². The second-order valence-electron chi connectivity index (χ2n) is 7.58. The highest BCUT2D eigenvalue weighted by atomic mass is 16.5. The topological polar surface area (TPSA) is 18.5 Å². The van der Waals surface area contributed by atoms with Crippen molar-refractivity contribution >= 4 is 0 Å². The van der Waals surface area contributed by atoms with E-state index >= 15 is 0 Å². The van der Waals surface area contributed by atoms with Gasteiger partial charge in [0, 0.05) is 0 Å². The summed E-state index contributed by atoms with van der Waals surface area (Å²) in [5, 5.41) is 0. The molecule has 0 heterocycles. The molecule has 0 saturated carbocycles. The molecule has 35 heavy (non-hydrogen) atoms. The lowest BCUT2D eigenvalue weighted by molar-refractivity contribution is 0.414. The first kappa shape index (κ1) is 29.5. The third kappa shape index (κ3) is 9.70. The normalized spacial score (nSPS) is 9.43. The molecule has 0 atom stereocenters. The van der Waals surface area contributed by atoms with Crippen molar-refractivity contribution in [1.29, 1.82) is 0 Å². The van der Waals surface area contributed by atoms with Gasteiger partial charge < -0.3 is 9.47 Å². The van der Waals surface area contributed by atoms with E-state index in [0.29, 0.717) is 0 Å². The van der Waals surface area contributed by atoms with E-state index in [-0.39, 0.29) is 7.43 Å². The van der Waals surface area contributed by atoms with E-state index in [1.807, 2.05) is 64.1 Å².